The van der Waals surface area contributed by atoms with Crippen molar-refractivity contribution in [2.75, 3.05) is 13.2 Å². The van der Waals surface area contributed by atoms with Crippen molar-refractivity contribution in [1.82, 2.24) is 5.43 Å². The van der Waals surface area contributed by atoms with Crippen LogP contribution in [0.3, 0.4) is 0 Å². The lowest BCUT2D eigenvalue weighted by molar-refractivity contribution is 0.0929. The normalized spacial score (nSPS) is 11.1. The first-order valence-electron chi connectivity index (χ1n) is 11.2. The van der Waals surface area contributed by atoms with E-state index in [4.69, 9.17) is 30.2 Å². The third kappa shape index (κ3) is 6.13. The molecule has 1 aromatic heterocycles. The van der Waals surface area contributed by atoms with Gasteiger partial charge in [0, 0.05) is 5.39 Å². The first-order valence-corrected chi connectivity index (χ1v) is 11.6. The summed E-state index contributed by atoms with van der Waals surface area (Å²) in [5.41, 5.74) is 4.70. The number of nitrogens with zero attached hydrogens (tertiary/aromatic N) is 1. The van der Waals surface area contributed by atoms with Crippen molar-refractivity contribution in [3.8, 4) is 17.2 Å². The Hall–Kier alpha value is -3.97. The summed E-state index contributed by atoms with van der Waals surface area (Å²) < 4.78 is 22.7. The molecule has 4 aromatic rings. The van der Waals surface area contributed by atoms with Gasteiger partial charge in [0.25, 0.3) is 0 Å². The summed E-state index contributed by atoms with van der Waals surface area (Å²) in [4.78, 5) is 12.5. The van der Waals surface area contributed by atoms with Crippen LogP contribution in [0.25, 0.3) is 11.0 Å². The van der Waals surface area contributed by atoms with Crippen LogP contribution in [0.1, 0.15) is 35.5 Å². The summed E-state index contributed by atoms with van der Waals surface area (Å²) in [7, 11) is 0. The van der Waals surface area contributed by atoms with Gasteiger partial charge in [0.05, 0.1) is 24.5 Å². The van der Waals surface area contributed by atoms with Crippen LogP contribution in [0, 0.1) is 0 Å². The number of halogens is 1. The van der Waals surface area contributed by atoms with E-state index in [1.54, 1.807) is 30.3 Å². The van der Waals surface area contributed by atoms with Gasteiger partial charge < -0.3 is 18.6 Å². The third-order valence-electron chi connectivity index (χ3n) is 4.96. The lowest BCUT2D eigenvalue weighted by atomic mass is 10.2. The van der Waals surface area contributed by atoms with Gasteiger partial charge in [-0.2, -0.15) is 5.10 Å². The van der Waals surface area contributed by atoms with Gasteiger partial charge in [-0.25, -0.2) is 5.43 Å². The molecule has 0 saturated carbocycles. The number of rotatable bonds is 10. The number of furan rings is 1. The maximum atomic E-state index is 12.5. The molecule has 0 spiro atoms. The highest BCUT2D eigenvalue weighted by atomic mass is 35.5. The molecule has 0 fully saturated rings. The highest BCUT2D eigenvalue weighted by molar-refractivity contribution is 6.32. The fourth-order valence-electron chi connectivity index (χ4n) is 3.41. The maximum absolute atomic E-state index is 12.5. The van der Waals surface area contributed by atoms with Gasteiger partial charge in [-0.15, -0.1) is 0 Å². The summed E-state index contributed by atoms with van der Waals surface area (Å²) in [5.74, 6) is 1.32. The zero-order valence-electron chi connectivity index (χ0n) is 19.4. The molecule has 0 saturated heterocycles. The maximum Gasteiger partial charge on any atom is 0.307 e. The Bertz CT molecular complexity index is 1330. The lowest BCUT2D eigenvalue weighted by Crippen LogP contribution is -2.16. The van der Waals surface area contributed by atoms with E-state index in [1.165, 1.54) is 6.21 Å². The van der Waals surface area contributed by atoms with Crippen molar-refractivity contribution in [2.24, 2.45) is 5.10 Å². The Morgan fingerprint density at radius 3 is 2.57 bits per heavy atom. The van der Waals surface area contributed by atoms with Crippen molar-refractivity contribution < 1.29 is 23.4 Å². The number of nitrogens with one attached hydrogen (secondary N) is 1. The van der Waals surface area contributed by atoms with Crippen LogP contribution in [-0.4, -0.2) is 25.3 Å². The van der Waals surface area contributed by atoms with Crippen molar-refractivity contribution in [3.05, 3.63) is 88.6 Å². The summed E-state index contributed by atoms with van der Waals surface area (Å²) in [5, 5.41) is 5.18. The second-order valence-corrected chi connectivity index (χ2v) is 7.89. The first kappa shape index (κ1) is 24.2. The van der Waals surface area contributed by atoms with E-state index in [2.05, 4.69) is 10.5 Å². The first-order chi connectivity index (χ1) is 17.1. The molecule has 0 bridgehead atoms. The average Bonchev–Trinajstić information content (AvgIpc) is 3.28. The van der Waals surface area contributed by atoms with E-state index in [-0.39, 0.29) is 5.76 Å². The molecule has 1 heterocycles. The second-order valence-electron chi connectivity index (χ2n) is 7.48. The molecular weight excluding hydrogens is 468 g/mol. The molecule has 0 atom stereocenters. The van der Waals surface area contributed by atoms with Crippen LogP contribution in [0.5, 0.6) is 17.2 Å². The molecule has 1 amide bonds. The molecule has 1 N–H and O–H groups in total. The number of hydrazone groups is 1. The minimum Gasteiger partial charge on any atom is -0.494 e. The number of fused-ring (bicyclic) bond motifs is 1. The van der Waals surface area contributed by atoms with E-state index in [1.807, 2.05) is 50.2 Å². The predicted octanol–water partition coefficient (Wildman–Crippen LogP) is 6.23. The predicted molar refractivity (Wildman–Crippen MR) is 136 cm³/mol. The van der Waals surface area contributed by atoms with E-state index in [0.29, 0.717) is 53.2 Å². The molecule has 0 radical (unpaired) electrons. The fraction of sp³-hybridized carbons (Fsp3) is 0.185. The summed E-state index contributed by atoms with van der Waals surface area (Å²) in [6.45, 7) is 5.13. The summed E-state index contributed by atoms with van der Waals surface area (Å²) >= 11 is 6.47. The minimum absolute atomic E-state index is 0.142. The van der Waals surface area contributed by atoms with Gasteiger partial charge in [-0.3, -0.25) is 4.79 Å². The number of carbonyl (C=O) groups excluding carboxylic acids is 1. The monoisotopic (exact) mass is 492 g/mol. The highest BCUT2D eigenvalue weighted by Gasteiger charge is 2.14. The molecule has 35 heavy (non-hydrogen) atoms. The SMILES string of the molecule is CCOc1ccc2oc(C(=O)N/N=C/c3cc(Cl)c(OCc4ccccc4)c(OCC)c3)cc2c1. The molecule has 0 aliphatic carbocycles. The summed E-state index contributed by atoms with van der Waals surface area (Å²) in [6, 6.07) is 20.2. The number of benzene rings is 3. The Kier molecular flexibility index (Phi) is 7.90. The van der Waals surface area contributed by atoms with Crippen LogP contribution in [0.15, 0.2) is 76.2 Å². The highest BCUT2D eigenvalue weighted by Crippen LogP contribution is 2.37. The molecule has 4 rings (SSSR count). The molecule has 0 aliphatic rings. The van der Waals surface area contributed by atoms with Gasteiger partial charge in [-0.1, -0.05) is 41.9 Å². The van der Waals surface area contributed by atoms with E-state index in [0.717, 1.165) is 10.9 Å². The molecule has 0 aliphatic heterocycles. The summed E-state index contributed by atoms with van der Waals surface area (Å²) in [6.07, 6.45) is 1.48. The fourth-order valence-corrected chi connectivity index (χ4v) is 3.68. The topological polar surface area (TPSA) is 82.3 Å². The molecule has 180 valence electrons. The van der Waals surface area contributed by atoms with Crippen LogP contribution < -0.4 is 19.6 Å². The minimum atomic E-state index is -0.477. The van der Waals surface area contributed by atoms with Gasteiger partial charge in [0.15, 0.2) is 17.3 Å². The van der Waals surface area contributed by atoms with E-state index in [9.17, 15) is 4.79 Å². The van der Waals surface area contributed by atoms with Gasteiger partial charge in [-0.05, 0) is 61.4 Å². The Balaban J connectivity index is 1.45. The number of hydrogen-bond donors (Lipinski definition) is 1. The molecule has 3 aromatic carbocycles. The van der Waals surface area contributed by atoms with E-state index < -0.39 is 5.91 Å². The standard InChI is InChI=1S/C27H25ClN2O5/c1-3-32-21-10-11-23-20(14-21)15-25(35-23)27(31)30-29-16-19-12-22(28)26(24(13-19)33-4-2)34-17-18-8-6-5-7-9-18/h5-16H,3-4,17H2,1-2H3,(H,30,31)/b29-16+. The largest absolute Gasteiger partial charge is 0.494 e. The molecule has 7 nitrogen and oxygen atoms in total. The van der Waals surface area contributed by atoms with Crippen LogP contribution in [0.2, 0.25) is 5.02 Å². The Labute approximate surface area is 208 Å². The Morgan fingerprint density at radius 1 is 1.00 bits per heavy atom. The van der Waals surface area contributed by atoms with Crippen molar-refractivity contribution in [1.29, 1.82) is 0 Å². The smallest absolute Gasteiger partial charge is 0.307 e. The van der Waals surface area contributed by atoms with Crippen molar-refractivity contribution in [3.63, 3.8) is 0 Å². The quantitative estimate of drug-likeness (QED) is 0.210. The van der Waals surface area contributed by atoms with Gasteiger partial charge >= 0.3 is 5.91 Å². The van der Waals surface area contributed by atoms with Crippen LogP contribution >= 0.6 is 11.6 Å². The number of amides is 1. The van der Waals surface area contributed by atoms with Gasteiger partial charge in [0.2, 0.25) is 0 Å². The molecule has 0 unspecified atom stereocenters. The third-order valence-corrected chi connectivity index (χ3v) is 5.24. The van der Waals surface area contributed by atoms with E-state index >= 15 is 0 Å². The Morgan fingerprint density at radius 2 is 1.80 bits per heavy atom. The van der Waals surface area contributed by atoms with Crippen LogP contribution in [0.4, 0.5) is 0 Å². The van der Waals surface area contributed by atoms with Crippen molar-refractivity contribution in [2.45, 2.75) is 20.5 Å². The molecule has 8 heteroatoms. The van der Waals surface area contributed by atoms with Crippen LogP contribution in [-0.2, 0) is 6.61 Å². The average molecular weight is 493 g/mol. The number of ether oxygens (including phenoxy) is 3. The lowest BCUT2D eigenvalue weighted by Gasteiger charge is -2.14. The number of hydrogen-bond acceptors (Lipinski definition) is 6. The van der Waals surface area contributed by atoms with Crippen molar-refractivity contribution >= 4 is 34.7 Å². The van der Waals surface area contributed by atoms with Gasteiger partial charge in [0.1, 0.15) is 17.9 Å². The second kappa shape index (κ2) is 11.4. The number of carbonyl (C=O) groups is 1. The zero-order valence-corrected chi connectivity index (χ0v) is 20.2. The zero-order chi connectivity index (χ0) is 24.6. The molecular formula is C27H25ClN2O5.